The molecule has 14 heavy (non-hydrogen) atoms. The Kier molecular flexibility index (Phi) is 3.03. The summed E-state index contributed by atoms with van der Waals surface area (Å²) in [4.78, 5) is 24.2. The Morgan fingerprint density at radius 1 is 1.71 bits per heavy atom. The molecule has 7 heteroatoms. The van der Waals surface area contributed by atoms with Gasteiger partial charge in [-0.25, -0.2) is 9.78 Å². The molecular weight excluding hydrogens is 208 g/mol. The third-order valence-electron chi connectivity index (χ3n) is 1.50. The average Bonchev–Trinajstić information content (AvgIpc) is 2.16. The Morgan fingerprint density at radius 2 is 2.36 bits per heavy atom. The van der Waals surface area contributed by atoms with Gasteiger partial charge in [-0.15, -0.1) is 11.8 Å². The Morgan fingerprint density at radius 3 is 2.79 bits per heavy atom. The third-order valence-corrected chi connectivity index (χ3v) is 2.18. The molecule has 1 heterocycles. The summed E-state index contributed by atoms with van der Waals surface area (Å²) in [5.74, 6) is -1.32. The first-order chi connectivity index (χ1) is 6.57. The van der Waals surface area contributed by atoms with Crippen LogP contribution >= 0.6 is 11.8 Å². The molecule has 1 aromatic rings. The summed E-state index contributed by atoms with van der Waals surface area (Å²) < 4.78 is 0. The van der Waals surface area contributed by atoms with E-state index >= 15 is 0 Å². The van der Waals surface area contributed by atoms with E-state index in [9.17, 15) is 14.9 Å². The molecule has 0 amide bonds. The van der Waals surface area contributed by atoms with Crippen molar-refractivity contribution in [2.24, 2.45) is 0 Å². The van der Waals surface area contributed by atoms with Crippen LogP contribution in [0.15, 0.2) is 17.3 Å². The number of nitro groups is 1. The van der Waals surface area contributed by atoms with E-state index in [2.05, 4.69) is 4.98 Å². The summed E-state index contributed by atoms with van der Waals surface area (Å²) in [6.07, 6.45) is 2.84. The second kappa shape index (κ2) is 4.05. The molecule has 0 fully saturated rings. The van der Waals surface area contributed by atoms with Gasteiger partial charge in [0, 0.05) is 6.20 Å². The second-order valence-electron chi connectivity index (χ2n) is 2.28. The maximum atomic E-state index is 10.7. The molecule has 0 aliphatic carbocycles. The van der Waals surface area contributed by atoms with Crippen molar-refractivity contribution >= 4 is 23.4 Å². The number of carbonyl (C=O) groups is 1. The van der Waals surface area contributed by atoms with Gasteiger partial charge in [0.2, 0.25) is 0 Å². The van der Waals surface area contributed by atoms with E-state index in [1.54, 1.807) is 6.26 Å². The second-order valence-corrected chi connectivity index (χ2v) is 3.07. The molecule has 6 nitrogen and oxygen atoms in total. The largest absolute Gasteiger partial charge is 0.477 e. The van der Waals surface area contributed by atoms with E-state index < -0.39 is 16.6 Å². The van der Waals surface area contributed by atoms with E-state index in [1.807, 2.05) is 0 Å². The maximum Gasteiger partial charge on any atom is 0.342 e. The third kappa shape index (κ3) is 1.82. The normalized spacial score (nSPS) is 9.79. The van der Waals surface area contributed by atoms with E-state index in [-0.39, 0.29) is 10.6 Å². The van der Waals surface area contributed by atoms with Crippen LogP contribution in [0.1, 0.15) is 10.4 Å². The van der Waals surface area contributed by atoms with Gasteiger partial charge < -0.3 is 5.11 Å². The van der Waals surface area contributed by atoms with Crippen molar-refractivity contribution in [1.29, 1.82) is 0 Å². The topological polar surface area (TPSA) is 93.3 Å². The Bertz CT molecular complexity index is 393. The van der Waals surface area contributed by atoms with Crippen molar-refractivity contribution in [1.82, 2.24) is 4.98 Å². The van der Waals surface area contributed by atoms with Gasteiger partial charge in [0.05, 0.1) is 4.92 Å². The van der Waals surface area contributed by atoms with E-state index in [4.69, 9.17) is 5.11 Å². The van der Waals surface area contributed by atoms with Crippen molar-refractivity contribution in [2.45, 2.75) is 5.03 Å². The zero-order chi connectivity index (χ0) is 10.7. The van der Waals surface area contributed by atoms with Crippen LogP contribution in [0.4, 0.5) is 5.69 Å². The van der Waals surface area contributed by atoms with Gasteiger partial charge in [-0.3, -0.25) is 10.1 Å². The van der Waals surface area contributed by atoms with Gasteiger partial charge in [-0.1, -0.05) is 0 Å². The maximum absolute atomic E-state index is 10.7. The molecule has 0 radical (unpaired) electrons. The van der Waals surface area contributed by atoms with Crippen LogP contribution in [0, 0.1) is 10.1 Å². The van der Waals surface area contributed by atoms with Crippen LogP contribution in [-0.4, -0.2) is 27.2 Å². The molecule has 1 rings (SSSR count). The molecule has 1 N–H and O–H groups in total. The number of carboxylic acids is 1. The minimum atomic E-state index is -1.32. The van der Waals surface area contributed by atoms with Gasteiger partial charge in [-0.05, 0) is 12.3 Å². The van der Waals surface area contributed by atoms with Crippen molar-refractivity contribution in [2.75, 3.05) is 6.26 Å². The average molecular weight is 214 g/mol. The number of rotatable bonds is 3. The van der Waals surface area contributed by atoms with E-state index in [1.165, 1.54) is 6.20 Å². The lowest BCUT2D eigenvalue weighted by atomic mass is 10.2. The standard InChI is InChI=1S/C7H6N2O4S/c1-14-6-5(9(12)13)4(7(10)11)2-3-8-6/h2-3H,1H3,(H,10,11). The van der Waals surface area contributed by atoms with Crippen LogP contribution < -0.4 is 0 Å². The minimum Gasteiger partial charge on any atom is -0.477 e. The lowest BCUT2D eigenvalue weighted by Crippen LogP contribution is -2.04. The number of thioether (sulfide) groups is 1. The zero-order valence-electron chi connectivity index (χ0n) is 7.13. The molecule has 0 saturated heterocycles. The number of aromatic carboxylic acids is 1. The van der Waals surface area contributed by atoms with Crippen molar-refractivity contribution in [3.05, 3.63) is 27.9 Å². The van der Waals surface area contributed by atoms with Gasteiger partial charge >= 0.3 is 11.7 Å². The molecule has 0 atom stereocenters. The molecule has 0 aliphatic heterocycles. The monoisotopic (exact) mass is 214 g/mol. The lowest BCUT2D eigenvalue weighted by molar-refractivity contribution is -0.388. The van der Waals surface area contributed by atoms with Gasteiger partial charge in [0.15, 0.2) is 5.03 Å². The molecule has 1 aromatic heterocycles. The highest BCUT2D eigenvalue weighted by Crippen LogP contribution is 2.28. The van der Waals surface area contributed by atoms with Crippen molar-refractivity contribution in [3.8, 4) is 0 Å². The molecule has 0 saturated carbocycles. The Labute approximate surface area is 83.1 Å². The number of hydrogen-bond acceptors (Lipinski definition) is 5. The minimum absolute atomic E-state index is 0.106. The Balaban J connectivity index is 3.43. The number of hydrogen-bond donors (Lipinski definition) is 1. The Hall–Kier alpha value is -1.63. The SMILES string of the molecule is CSc1nccc(C(=O)O)c1[N+](=O)[O-]. The van der Waals surface area contributed by atoms with E-state index in [0.29, 0.717) is 0 Å². The fourth-order valence-corrected chi connectivity index (χ4v) is 1.48. The van der Waals surface area contributed by atoms with Crippen molar-refractivity contribution in [3.63, 3.8) is 0 Å². The summed E-state index contributed by atoms with van der Waals surface area (Å²) in [5, 5.41) is 19.4. The first-order valence-electron chi connectivity index (χ1n) is 3.48. The fourth-order valence-electron chi connectivity index (χ4n) is 0.933. The summed E-state index contributed by atoms with van der Waals surface area (Å²) >= 11 is 1.04. The first-order valence-corrected chi connectivity index (χ1v) is 4.71. The fraction of sp³-hybridized carbons (Fsp3) is 0.143. The number of aromatic nitrogens is 1. The molecule has 74 valence electrons. The lowest BCUT2D eigenvalue weighted by Gasteiger charge is -2.00. The quantitative estimate of drug-likeness (QED) is 0.464. The molecular formula is C7H6N2O4S. The summed E-state index contributed by atoms with van der Waals surface area (Å²) in [7, 11) is 0. The number of pyridine rings is 1. The van der Waals surface area contributed by atoms with Crippen LogP contribution in [0.5, 0.6) is 0 Å². The zero-order valence-corrected chi connectivity index (χ0v) is 7.95. The van der Waals surface area contributed by atoms with Crippen LogP contribution in [0.3, 0.4) is 0 Å². The predicted molar refractivity (Wildman–Crippen MR) is 49.6 cm³/mol. The predicted octanol–water partition coefficient (Wildman–Crippen LogP) is 1.41. The van der Waals surface area contributed by atoms with Gasteiger partial charge in [0.25, 0.3) is 0 Å². The molecule has 0 bridgehead atoms. The summed E-state index contributed by atoms with van der Waals surface area (Å²) in [6.45, 7) is 0. The highest BCUT2D eigenvalue weighted by Gasteiger charge is 2.24. The molecule has 0 aromatic carbocycles. The molecule has 0 aliphatic rings. The molecule has 0 spiro atoms. The van der Waals surface area contributed by atoms with Crippen LogP contribution in [0.25, 0.3) is 0 Å². The smallest absolute Gasteiger partial charge is 0.342 e. The molecule has 0 unspecified atom stereocenters. The first kappa shape index (κ1) is 10.5. The van der Waals surface area contributed by atoms with Crippen LogP contribution in [0.2, 0.25) is 0 Å². The number of nitrogens with zero attached hydrogens (tertiary/aromatic N) is 2. The summed E-state index contributed by atoms with van der Waals surface area (Å²) in [5.41, 5.74) is -0.790. The van der Waals surface area contributed by atoms with E-state index in [0.717, 1.165) is 17.8 Å². The van der Waals surface area contributed by atoms with Crippen molar-refractivity contribution < 1.29 is 14.8 Å². The van der Waals surface area contributed by atoms with Gasteiger partial charge in [-0.2, -0.15) is 0 Å². The highest BCUT2D eigenvalue weighted by molar-refractivity contribution is 7.98. The van der Waals surface area contributed by atoms with Gasteiger partial charge in [0.1, 0.15) is 5.56 Å². The number of carboxylic acid groups (broad SMARTS) is 1. The summed E-state index contributed by atoms with van der Waals surface area (Å²) in [6, 6.07) is 1.11. The highest BCUT2D eigenvalue weighted by atomic mass is 32.2. The van der Waals surface area contributed by atoms with Crippen LogP contribution in [-0.2, 0) is 0 Å².